The van der Waals surface area contributed by atoms with Crippen molar-refractivity contribution in [1.82, 2.24) is 9.97 Å². The molecule has 0 aliphatic rings. The zero-order chi connectivity index (χ0) is 19.1. The SMILES string of the molecule is O=C(CSCC(=O)Nc1nc(-c2cccnc2)cs1)Nc1cccc(Br)c1. The van der Waals surface area contributed by atoms with E-state index < -0.39 is 0 Å². The smallest absolute Gasteiger partial charge is 0.236 e. The second-order valence-corrected chi connectivity index (χ2v) is 8.14. The van der Waals surface area contributed by atoms with Gasteiger partial charge in [0.05, 0.1) is 17.2 Å². The third kappa shape index (κ3) is 6.16. The number of aromatic nitrogens is 2. The molecule has 2 heterocycles. The van der Waals surface area contributed by atoms with Crippen LogP contribution in [-0.2, 0) is 9.59 Å². The Hall–Kier alpha value is -2.23. The minimum atomic E-state index is -0.192. The second-order valence-electron chi connectivity index (χ2n) is 5.38. The maximum atomic E-state index is 12.0. The topological polar surface area (TPSA) is 84.0 Å². The molecule has 3 rings (SSSR count). The Morgan fingerprint density at radius 1 is 1.11 bits per heavy atom. The van der Waals surface area contributed by atoms with Gasteiger partial charge < -0.3 is 10.6 Å². The zero-order valence-corrected chi connectivity index (χ0v) is 17.2. The van der Waals surface area contributed by atoms with Crippen LogP contribution in [0.1, 0.15) is 0 Å². The van der Waals surface area contributed by atoms with Crippen LogP contribution in [0.4, 0.5) is 10.8 Å². The molecule has 0 unspecified atom stereocenters. The fourth-order valence-corrected chi connectivity index (χ4v) is 3.89. The summed E-state index contributed by atoms with van der Waals surface area (Å²) in [5.41, 5.74) is 2.38. The van der Waals surface area contributed by atoms with Crippen LogP contribution in [0.2, 0.25) is 0 Å². The van der Waals surface area contributed by atoms with Crippen LogP contribution in [0.3, 0.4) is 0 Å². The van der Waals surface area contributed by atoms with E-state index in [0.29, 0.717) is 10.8 Å². The number of pyridine rings is 1. The van der Waals surface area contributed by atoms with Crippen LogP contribution in [0.15, 0.2) is 58.6 Å². The molecule has 0 atom stereocenters. The quantitative estimate of drug-likeness (QED) is 0.547. The zero-order valence-electron chi connectivity index (χ0n) is 14.0. The molecule has 27 heavy (non-hydrogen) atoms. The van der Waals surface area contributed by atoms with E-state index in [1.807, 2.05) is 41.8 Å². The first-order valence-electron chi connectivity index (χ1n) is 7.89. The molecule has 2 N–H and O–H groups in total. The van der Waals surface area contributed by atoms with E-state index in [-0.39, 0.29) is 23.3 Å². The third-order valence-electron chi connectivity index (χ3n) is 3.28. The summed E-state index contributed by atoms with van der Waals surface area (Å²) in [5, 5.41) is 7.93. The van der Waals surface area contributed by atoms with Gasteiger partial charge in [-0.1, -0.05) is 22.0 Å². The summed E-state index contributed by atoms with van der Waals surface area (Å²) in [6, 6.07) is 11.1. The largest absolute Gasteiger partial charge is 0.325 e. The molecule has 0 bridgehead atoms. The number of nitrogens with zero attached hydrogens (tertiary/aromatic N) is 2. The number of carbonyl (C=O) groups excluding carboxylic acids is 2. The number of halogens is 1. The molecule has 0 spiro atoms. The summed E-state index contributed by atoms with van der Waals surface area (Å²) in [5.74, 6) is 0.0215. The molecule has 0 aliphatic carbocycles. The first-order chi connectivity index (χ1) is 13.1. The number of hydrogen-bond donors (Lipinski definition) is 2. The van der Waals surface area contributed by atoms with Crippen molar-refractivity contribution in [3.05, 3.63) is 58.6 Å². The van der Waals surface area contributed by atoms with Crippen LogP contribution >= 0.6 is 39.0 Å². The highest BCUT2D eigenvalue weighted by molar-refractivity contribution is 9.10. The average Bonchev–Trinajstić information content (AvgIpc) is 3.11. The predicted octanol–water partition coefficient (Wildman–Crippen LogP) is 4.28. The van der Waals surface area contributed by atoms with Gasteiger partial charge in [0.15, 0.2) is 5.13 Å². The molecule has 0 aliphatic heterocycles. The minimum Gasteiger partial charge on any atom is -0.325 e. The molecule has 1 aromatic carbocycles. The molecular weight excluding hydrogens is 448 g/mol. The van der Waals surface area contributed by atoms with Gasteiger partial charge in [-0.25, -0.2) is 4.98 Å². The fourth-order valence-electron chi connectivity index (χ4n) is 2.13. The molecule has 0 radical (unpaired) electrons. The highest BCUT2D eigenvalue weighted by atomic mass is 79.9. The molecule has 138 valence electrons. The van der Waals surface area contributed by atoms with Crippen molar-refractivity contribution in [1.29, 1.82) is 0 Å². The van der Waals surface area contributed by atoms with Crippen molar-refractivity contribution in [2.24, 2.45) is 0 Å². The van der Waals surface area contributed by atoms with Crippen molar-refractivity contribution in [2.75, 3.05) is 22.1 Å². The summed E-state index contributed by atoms with van der Waals surface area (Å²) in [7, 11) is 0. The number of rotatable bonds is 7. The molecule has 2 amide bonds. The summed E-state index contributed by atoms with van der Waals surface area (Å²) < 4.78 is 0.890. The van der Waals surface area contributed by atoms with Crippen LogP contribution in [0.25, 0.3) is 11.3 Å². The molecule has 6 nitrogen and oxygen atoms in total. The molecule has 0 saturated carbocycles. The van der Waals surface area contributed by atoms with Crippen molar-refractivity contribution in [3.63, 3.8) is 0 Å². The van der Waals surface area contributed by atoms with Crippen LogP contribution in [0.5, 0.6) is 0 Å². The van der Waals surface area contributed by atoms with E-state index in [0.717, 1.165) is 15.7 Å². The molecule has 0 saturated heterocycles. The van der Waals surface area contributed by atoms with Crippen molar-refractivity contribution >= 4 is 61.7 Å². The van der Waals surface area contributed by atoms with Crippen molar-refractivity contribution in [2.45, 2.75) is 0 Å². The van der Waals surface area contributed by atoms with Crippen LogP contribution < -0.4 is 10.6 Å². The number of anilines is 2. The van der Waals surface area contributed by atoms with E-state index in [9.17, 15) is 9.59 Å². The standard InChI is InChI=1S/C18H15BrN4O2S2/c19-13-4-1-5-14(7-13)21-16(24)10-26-11-17(25)23-18-22-15(9-27-18)12-3-2-6-20-8-12/h1-9H,10-11H2,(H,21,24)(H,22,23,25). The number of carbonyl (C=O) groups is 2. The molecule has 9 heteroatoms. The first-order valence-corrected chi connectivity index (χ1v) is 10.7. The van der Waals surface area contributed by atoms with Crippen molar-refractivity contribution in [3.8, 4) is 11.3 Å². The number of nitrogens with one attached hydrogen (secondary N) is 2. The van der Waals surface area contributed by atoms with Gasteiger partial charge in [0.1, 0.15) is 0 Å². The van der Waals surface area contributed by atoms with E-state index in [1.165, 1.54) is 23.1 Å². The summed E-state index contributed by atoms with van der Waals surface area (Å²) >= 11 is 5.95. The predicted molar refractivity (Wildman–Crippen MR) is 114 cm³/mol. The Labute approximate surface area is 172 Å². The van der Waals surface area contributed by atoms with Gasteiger partial charge in [0.2, 0.25) is 11.8 Å². The molecule has 2 aromatic heterocycles. The lowest BCUT2D eigenvalue weighted by Crippen LogP contribution is -2.18. The van der Waals surface area contributed by atoms with Gasteiger partial charge in [0, 0.05) is 33.5 Å². The monoisotopic (exact) mass is 462 g/mol. The maximum Gasteiger partial charge on any atom is 0.236 e. The molecule has 0 fully saturated rings. The number of benzene rings is 1. The Balaban J connectivity index is 1.42. The number of thioether (sulfide) groups is 1. The number of hydrogen-bond acceptors (Lipinski definition) is 6. The third-order valence-corrected chi connectivity index (χ3v) is 5.47. The van der Waals surface area contributed by atoms with Crippen LogP contribution in [0, 0.1) is 0 Å². The van der Waals surface area contributed by atoms with E-state index in [4.69, 9.17) is 0 Å². The van der Waals surface area contributed by atoms with Crippen LogP contribution in [-0.4, -0.2) is 33.3 Å². The number of thiazole rings is 1. The van der Waals surface area contributed by atoms with Gasteiger partial charge in [-0.2, -0.15) is 0 Å². The van der Waals surface area contributed by atoms with Gasteiger partial charge in [-0.3, -0.25) is 14.6 Å². The first kappa shape index (κ1) is 19.5. The van der Waals surface area contributed by atoms with Crippen molar-refractivity contribution < 1.29 is 9.59 Å². The Kier molecular flexibility index (Phi) is 6.97. The lowest BCUT2D eigenvalue weighted by Gasteiger charge is -2.05. The lowest BCUT2D eigenvalue weighted by molar-refractivity contribution is -0.114. The second kappa shape index (κ2) is 9.63. The lowest BCUT2D eigenvalue weighted by atomic mass is 10.2. The Morgan fingerprint density at radius 2 is 1.93 bits per heavy atom. The normalized spacial score (nSPS) is 10.4. The highest BCUT2D eigenvalue weighted by Crippen LogP contribution is 2.24. The van der Waals surface area contributed by atoms with Gasteiger partial charge >= 0.3 is 0 Å². The van der Waals surface area contributed by atoms with Gasteiger partial charge in [0.25, 0.3) is 0 Å². The molecule has 3 aromatic rings. The highest BCUT2D eigenvalue weighted by Gasteiger charge is 2.10. The maximum absolute atomic E-state index is 12.0. The summed E-state index contributed by atoms with van der Waals surface area (Å²) in [6.45, 7) is 0. The van der Waals surface area contributed by atoms with Gasteiger partial charge in [-0.15, -0.1) is 23.1 Å². The van der Waals surface area contributed by atoms with E-state index in [2.05, 4.69) is 36.5 Å². The Morgan fingerprint density at radius 3 is 2.67 bits per heavy atom. The summed E-state index contributed by atoms with van der Waals surface area (Å²) in [4.78, 5) is 32.4. The summed E-state index contributed by atoms with van der Waals surface area (Å²) in [6.07, 6.45) is 3.42. The Bertz CT molecular complexity index is 934. The average molecular weight is 463 g/mol. The van der Waals surface area contributed by atoms with E-state index >= 15 is 0 Å². The minimum absolute atomic E-state index is 0.154. The fraction of sp³-hybridized carbons (Fsp3) is 0.111. The van der Waals surface area contributed by atoms with E-state index in [1.54, 1.807) is 12.4 Å². The molecular formula is C18H15BrN4O2S2. The van der Waals surface area contributed by atoms with Gasteiger partial charge in [-0.05, 0) is 30.3 Å². The number of amides is 2.